The normalized spacial score (nSPS) is 11.3. The van der Waals surface area contributed by atoms with Crippen LogP contribution in [-0.4, -0.2) is 19.3 Å². The van der Waals surface area contributed by atoms with Crippen molar-refractivity contribution < 1.29 is 13.2 Å². The van der Waals surface area contributed by atoms with Gasteiger partial charge in [-0.2, -0.15) is 0 Å². The van der Waals surface area contributed by atoms with E-state index in [1.807, 2.05) is 6.92 Å². The number of amides is 1. The van der Waals surface area contributed by atoms with Crippen molar-refractivity contribution >= 4 is 27.3 Å². The maximum atomic E-state index is 11.9. The molecule has 8 heteroatoms. The van der Waals surface area contributed by atoms with Crippen molar-refractivity contribution in [3.63, 3.8) is 0 Å². The van der Waals surface area contributed by atoms with Crippen molar-refractivity contribution in [3.8, 4) is 0 Å². The molecule has 2 rings (SSSR count). The van der Waals surface area contributed by atoms with E-state index >= 15 is 0 Å². The number of nitrogens with zero attached hydrogens (tertiary/aromatic N) is 1. The molecule has 0 atom stereocenters. The molecule has 3 N–H and O–H groups in total. The summed E-state index contributed by atoms with van der Waals surface area (Å²) in [7, 11) is -3.68. The fourth-order valence-electron chi connectivity index (χ4n) is 1.55. The molecule has 0 unspecified atom stereocenters. The van der Waals surface area contributed by atoms with Crippen LogP contribution in [0.15, 0.2) is 34.8 Å². The van der Waals surface area contributed by atoms with Gasteiger partial charge in [0.25, 0.3) is 5.91 Å². The smallest absolute Gasteiger partial charge is 0.253 e. The number of primary sulfonamides is 1. The van der Waals surface area contributed by atoms with Gasteiger partial charge in [-0.25, -0.2) is 13.6 Å². The van der Waals surface area contributed by atoms with Crippen molar-refractivity contribution in [2.45, 2.75) is 17.7 Å². The molecule has 0 spiro atoms. The van der Waals surface area contributed by atoms with Crippen molar-refractivity contribution in [2.75, 3.05) is 0 Å². The Morgan fingerprint density at radius 1 is 1.40 bits per heavy atom. The molecule has 0 fully saturated rings. The molecule has 0 aromatic carbocycles. The van der Waals surface area contributed by atoms with Gasteiger partial charge >= 0.3 is 0 Å². The number of pyridine rings is 1. The SMILES string of the molecule is Cc1cncc(C(=O)NCc2ccc(S(N)(=O)=O)s2)c1. The third-order valence-electron chi connectivity index (χ3n) is 2.48. The topological polar surface area (TPSA) is 102 Å². The maximum absolute atomic E-state index is 11.9. The summed E-state index contributed by atoms with van der Waals surface area (Å²) in [6, 6.07) is 4.78. The molecule has 2 aromatic rings. The molecule has 0 aliphatic heterocycles. The van der Waals surface area contributed by atoms with Gasteiger partial charge in [-0.3, -0.25) is 9.78 Å². The molecule has 6 nitrogen and oxygen atoms in total. The summed E-state index contributed by atoms with van der Waals surface area (Å²) in [4.78, 5) is 16.5. The van der Waals surface area contributed by atoms with Gasteiger partial charge < -0.3 is 5.32 Å². The number of aromatic nitrogens is 1. The zero-order valence-corrected chi connectivity index (χ0v) is 12.3. The van der Waals surface area contributed by atoms with Crippen LogP contribution in [0, 0.1) is 6.92 Å². The Hall–Kier alpha value is -1.77. The Morgan fingerprint density at radius 2 is 2.15 bits per heavy atom. The van der Waals surface area contributed by atoms with Crippen LogP contribution >= 0.6 is 11.3 Å². The average Bonchev–Trinajstić information content (AvgIpc) is 2.84. The summed E-state index contributed by atoms with van der Waals surface area (Å²) in [5.74, 6) is -0.258. The number of carbonyl (C=O) groups is 1. The van der Waals surface area contributed by atoms with Crippen molar-refractivity contribution in [1.29, 1.82) is 0 Å². The predicted octanol–water partition coefficient (Wildman–Crippen LogP) is 1.03. The highest BCUT2D eigenvalue weighted by molar-refractivity contribution is 7.91. The van der Waals surface area contributed by atoms with E-state index in [0.29, 0.717) is 10.4 Å². The van der Waals surface area contributed by atoms with E-state index in [0.717, 1.165) is 16.9 Å². The molecule has 1 amide bonds. The van der Waals surface area contributed by atoms with E-state index in [9.17, 15) is 13.2 Å². The Labute approximate surface area is 120 Å². The highest BCUT2D eigenvalue weighted by Crippen LogP contribution is 2.20. The Balaban J connectivity index is 2.02. The number of aryl methyl sites for hydroxylation is 1. The standard InChI is InChI=1S/C12H13N3O3S2/c1-8-4-9(6-14-5-8)12(16)15-7-10-2-3-11(19-10)20(13,17)18/h2-6H,7H2,1H3,(H,15,16)(H2,13,17,18). The second kappa shape index (κ2) is 5.70. The van der Waals surface area contributed by atoms with Crippen molar-refractivity contribution in [1.82, 2.24) is 10.3 Å². The van der Waals surface area contributed by atoms with E-state index < -0.39 is 10.0 Å². The van der Waals surface area contributed by atoms with Crippen LogP contribution in [-0.2, 0) is 16.6 Å². The lowest BCUT2D eigenvalue weighted by molar-refractivity contribution is 0.0951. The van der Waals surface area contributed by atoms with Gasteiger partial charge in [0, 0.05) is 17.3 Å². The van der Waals surface area contributed by atoms with Gasteiger partial charge in [-0.1, -0.05) is 0 Å². The number of sulfonamides is 1. The second-order valence-electron chi connectivity index (χ2n) is 4.20. The Kier molecular flexibility index (Phi) is 4.17. The fraction of sp³-hybridized carbons (Fsp3) is 0.167. The Bertz CT molecular complexity index is 738. The molecular weight excluding hydrogens is 298 g/mol. The van der Waals surface area contributed by atoms with Crippen LogP contribution in [0.5, 0.6) is 0 Å². The van der Waals surface area contributed by atoms with Crippen LogP contribution in [0.4, 0.5) is 0 Å². The van der Waals surface area contributed by atoms with E-state index in [-0.39, 0.29) is 16.7 Å². The van der Waals surface area contributed by atoms with Gasteiger partial charge in [-0.05, 0) is 30.7 Å². The zero-order valence-electron chi connectivity index (χ0n) is 10.7. The molecule has 0 radical (unpaired) electrons. The lowest BCUT2D eigenvalue weighted by atomic mass is 10.2. The minimum Gasteiger partial charge on any atom is -0.347 e. The molecule has 0 saturated heterocycles. The molecule has 2 heterocycles. The third-order valence-corrected chi connectivity index (χ3v) is 5.00. The van der Waals surface area contributed by atoms with Crippen LogP contribution in [0.1, 0.15) is 20.8 Å². The van der Waals surface area contributed by atoms with E-state index in [4.69, 9.17) is 5.14 Å². The van der Waals surface area contributed by atoms with Crippen molar-refractivity contribution in [3.05, 3.63) is 46.6 Å². The first-order valence-corrected chi connectivity index (χ1v) is 8.04. The van der Waals surface area contributed by atoms with Crippen LogP contribution < -0.4 is 10.5 Å². The largest absolute Gasteiger partial charge is 0.347 e. The highest BCUT2D eigenvalue weighted by Gasteiger charge is 2.12. The minimum atomic E-state index is -3.68. The lowest BCUT2D eigenvalue weighted by Crippen LogP contribution is -2.22. The first kappa shape index (κ1) is 14.6. The monoisotopic (exact) mass is 311 g/mol. The summed E-state index contributed by atoms with van der Waals surface area (Å²) >= 11 is 1.04. The number of carbonyl (C=O) groups excluding carboxylic acids is 1. The van der Waals surface area contributed by atoms with Gasteiger partial charge in [-0.15, -0.1) is 11.3 Å². The second-order valence-corrected chi connectivity index (χ2v) is 7.16. The van der Waals surface area contributed by atoms with Crippen LogP contribution in [0.3, 0.4) is 0 Å². The lowest BCUT2D eigenvalue weighted by Gasteiger charge is -2.03. The summed E-state index contributed by atoms with van der Waals surface area (Å²) in [6.07, 6.45) is 3.14. The molecule has 20 heavy (non-hydrogen) atoms. The molecular formula is C12H13N3O3S2. The molecule has 0 saturated carbocycles. The molecule has 2 aromatic heterocycles. The number of rotatable bonds is 4. The van der Waals surface area contributed by atoms with Gasteiger partial charge in [0.15, 0.2) is 0 Å². The summed E-state index contributed by atoms with van der Waals surface area (Å²) in [6.45, 7) is 2.09. The minimum absolute atomic E-state index is 0.0824. The summed E-state index contributed by atoms with van der Waals surface area (Å²) in [5.41, 5.74) is 1.36. The van der Waals surface area contributed by atoms with Gasteiger partial charge in [0.1, 0.15) is 4.21 Å². The number of hydrogen-bond acceptors (Lipinski definition) is 5. The molecule has 106 valence electrons. The number of nitrogens with two attached hydrogens (primary N) is 1. The van der Waals surface area contributed by atoms with E-state index in [2.05, 4.69) is 10.3 Å². The summed E-state index contributed by atoms with van der Waals surface area (Å²) < 4.78 is 22.4. The maximum Gasteiger partial charge on any atom is 0.253 e. The van der Waals surface area contributed by atoms with Crippen molar-refractivity contribution in [2.24, 2.45) is 5.14 Å². The zero-order chi connectivity index (χ0) is 14.8. The number of hydrogen-bond donors (Lipinski definition) is 2. The fourth-order valence-corrected chi connectivity index (χ4v) is 3.27. The number of nitrogens with one attached hydrogen (secondary N) is 1. The molecule has 0 aliphatic carbocycles. The molecule has 0 bridgehead atoms. The Morgan fingerprint density at radius 3 is 2.75 bits per heavy atom. The first-order valence-electron chi connectivity index (χ1n) is 5.67. The van der Waals surface area contributed by atoms with Crippen LogP contribution in [0.2, 0.25) is 0 Å². The third kappa shape index (κ3) is 3.62. The average molecular weight is 311 g/mol. The first-order chi connectivity index (χ1) is 9.36. The highest BCUT2D eigenvalue weighted by atomic mass is 32.2. The van der Waals surface area contributed by atoms with E-state index in [1.54, 1.807) is 18.3 Å². The van der Waals surface area contributed by atoms with Gasteiger partial charge in [0.2, 0.25) is 10.0 Å². The quantitative estimate of drug-likeness (QED) is 0.880. The molecule has 0 aliphatic rings. The predicted molar refractivity (Wildman–Crippen MR) is 75.8 cm³/mol. The van der Waals surface area contributed by atoms with Crippen LogP contribution in [0.25, 0.3) is 0 Å². The van der Waals surface area contributed by atoms with E-state index in [1.165, 1.54) is 12.3 Å². The number of thiophene rings is 1. The summed E-state index contributed by atoms with van der Waals surface area (Å²) in [5, 5.41) is 7.72. The van der Waals surface area contributed by atoms with Gasteiger partial charge in [0.05, 0.1) is 12.1 Å².